The van der Waals surface area contributed by atoms with Crippen molar-refractivity contribution >= 4 is 23.1 Å². The number of carbonyl (C=O) groups excluding carboxylic acids is 1. The van der Waals surface area contributed by atoms with E-state index < -0.39 is 5.92 Å². The molecule has 5 nitrogen and oxygen atoms in total. The van der Waals surface area contributed by atoms with Gasteiger partial charge in [0, 0.05) is 31.9 Å². The maximum absolute atomic E-state index is 11.9. The van der Waals surface area contributed by atoms with Crippen LogP contribution in [0.3, 0.4) is 0 Å². The zero-order chi connectivity index (χ0) is 13.7. The number of amides is 1. The van der Waals surface area contributed by atoms with Crippen molar-refractivity contribution in [2.24, 2.45) is 24.6 Å². The van der Waals surface area contributed by atoms with Gasteiger partial charge in [-0.05, 0) is 12.0 Å². The van der Waals surface area contributed by atoms with E-state index in [0.717, 1.165) is 12.1 Å². The summed E-state index contributed by atoms with van der Waals surface area (Å²) >= 11 is 4.92. The van der Waals surface area contributed by atoms with Crippen LogP contribution in [0.25, 0.3) is 0 Å². The fourth-order valence-corrected chi connectivity index (χ4v) is 2.21. The van der Waals surface area contributed by atoms with Crippen molar-refractivity contribution in [1.29, 1.82) is 0 Å². The standard InChI is InChI=1S/C12H20N4OS/c1-8(2)10(11(13)18)12(17)14-6-4-9-5-7-15-16(9)3/h5,7-8,10H,4,6H2,1-3H3,(H2,13,18)(H,14,17). The number of hydrogen-bond acceptors (Lipinski definition) is 3. The van der Waals surface area contributed by atoms with Gasteiger partial charge in [0.2, 0.25) is 5.91 Å². The number of thiocarbonyl (C=S) groups is 1. The topological polar surface area (TPSA) is 72.9 Å². The number of nitrogens with one attached hydrogen (secondary N) is 1. The fraction of sp³-hybridized carbons (Fsp3) is 0.583. The molecule has 3 N–H and O–H groups in total. The van der Waals surface area contributed by atoms with Gasteiger partial charge in [-0.15, -0.1) is 0 Å². The van der Waals surface area contributed by atoms with Crippen LogP contribution < -0.4 is 11.1 Å². The first-order valence-electron chi connectivity index (χ1n) is 5.97. The normalized spacial score (nSPS) is 12.4. The van der Waals surface area contributed by atoms with E-state index in [1.54, 1.807) is 10.9 Å². The lowest BCUT2D eigenvalue weighted by Gasteiger charge is -2.18. The predicted molar refractivity (Wildman–Crippen MR) is 75.0 cm³/mol. The average Bonchev–Trinajstić information content (AvgIpc) is 2.63. The molecule has 0 radical (unpaired) electrons. The Bertz CT molecular complexity index is 427. The Hall–Kier alpha value is -1.43. The van der Waals surface area contributed by atoms with E-state index in [9.17, 15) is 4.79 Å². The minimum atomic E-state index is -0.397. The van der Waals surface area contributed by atoms with Gasteiger partial charge in [-0.1, -0.05) is 26.1 Å². The van der Waals surface area contributed by atoms with E-state index in [2.05, 4.69) is 10.4 Å². The Balaban J connectivity index is 2.46. The molecule has 0 aliphatic rings. The average molecular weight is 268 g/mol. The number of nitrogens with two attached hydrogens (primary N) is 1. The third kappa shape index (κ3) is 3.80. The third-order valence-electron chi connectivity index (χ3n) is 2.86. The molecule has 18 heavy (non-hydrogen) atoms. The number of aromatic nitrogens is 2. The largest absolute Gasteiger partial charge is 0.393 e. The highest BCUT2D eigenvalue weighted by Crippen LogP contribution is 2.11. The third-order valence-corrected chi connectivity index (χ3v) is 3.11. The van der Waals surface area contributed by atoms with Crippen LogP contribution >= 0.6 is 12.2 Å². The fourth-order valence-electron chi connectivity index (χ4n) is 1.83. The first-order chi connectivity index (χ1) is 8.43. The van der Waals surface area contributed by atoms with Gasteiger partial charge in [-0.25, -0.2) is 0 Å². The maximum atomic E-state index is 11.9. The van der Waals surface area contributed by atoms with E-state index >= 15 is 0 Å². The Morgan fingerprint density at radius 2 is 2.28 bits per heavy atom. The van der Waals surface area contributed by atoms with Gasteiger partial charge >= 0.3 is 0 Å². The molecule has 6 heteroatoms. The SMILES string of the molecule is CC(C)C(C(=O)NCCc1ccnn1C)C(N)=S. The molecule has 0 bridgehead atoms. The first-order valence-corrected chi connectivity index (χ1v) is 6.38. The summed E-state index contributed by atoms with van der Waals surface area (Å²) in [7, 11) is 1.88. The number of aryl methyl sites for hydroxylation is 1. The van der Waals surface area contributed by atoms with E-state index in [-0.39, 0.29) is 16.8 Å². The molecule has 0 saturated heterocycles. The van der Waals surface area contributed by atoms with Crippen LogP contribution in [0.2, 0.25) is 0 Å². The highest BCUT2D eigenvalue weighted by molar-refractivity contribution is 7.80. The van der Waals surface area contributed by atoms with Crippen molar-refractivity contribution in [2.75, 3.05) is 6.54 Å². The number of nitrogens with zero attached hydrogens (tertiary/aromatic N) is 2. The zero-order valence-corrected chi connectivity index (χ0v) is 11.8. The van der Waals surface area contributed by atoms with Crippen LogP contribution in [0, 0.1) is 11.8 Å². The molecule has 0 saturated carbocycles. The molecule has 0 aromatic carbocycles. The number of rotatable bonds is 6. The quantitative estimate of drug-likeness (QED) is 0.743. The predicted octanol–water partition coefficient (Wildman–Crippen LogP) is 0.637. The van der Waals surface area contributed by atoms with Gasteiger partial charge in [0.1, 0.15) is 0 Å². The van der Waals surface area contributed by atoms with Crippen molar-refractivity contribution < 1.29 is 4.79 Å². The highest BCUT2D eigenvalue weighted by Gasteiger charge is 2.24. The summed E-state index contributed by atoms with van der Waals surface area (Å²) in [6, 6.07) is 1.93. The van der Waals surface area contributed by atoms with Crippen LogP contribution in [0.15, 0.2) is 12.3 Å². The summed E-state index contributed by atoms with van der Waals surface area (Å²) in [5.74, 6) is -0.384. The van der Waals surface area contributed by atoms with Crippen LogP contribution in [0.1, 0.15) is 19.5 Å². The van der Waals surface area contributed by atoms with E-state index in [1.165, 1.54) is 0 Å². The Labute approximate surface area is 113 Å². The second kappa shape index (κ2) is 6.49. The van der Waals surface area contributed by atoms with Gasteiger partial charge in [0.05, 0.1) is 10.9 Å². The van der Waals surface area contributed by atoms with Crippen molar-refractivity contribution in [1.82, 2.24) is 15.1 Å². The summed E-state index contributed by atoms with van der Waals surface area (Å²) in [5, 5.41) is 6.93. The Morgan fingerprint density at radius 1 is 1.61 bits per heavy atom. The summed E-state index contributed by atoms with van der Waals surface area (Å²) in [6.45, 7) is 4.43. The lowest BCUT2D eigenvalue weighted by Crippen LogP contribution is -2.41. The summed E-state index contributed by atoms with van der Waals surface area (Å²) in [6.07, 6.45) is 2.48. The first kappa shape index (κ1) is 14.6. The van der Waals surface area contributed by atoms with E-state index in [0.29, 0.717) is 6.54 Å². The monoisotopic (exact) mass is 268 g/mol. The molecule has 0 aliphatic heterocycles. The summed E-state index contributed by atoms with van der Waals surface area (Å²) in [5.41, 5.74) is 6.66. The molecule has 1 aromatic rings. The van der Waals surface area contributed by atoms with Crippen LogP contribution in [-0.4, -0.2) is 27.2 Å². The minimum Gasteiger partial charge on any atom is -0.393 e. The number of carbonyl (C=O) groups is 1. The Kier molecular flexibility index (Phi) is 5.27. The molecule has 0 spiro atoms. The van der Waals surface area contributed by atoms with Gasteiger partial charge in [-0.2, -0.15) is 5.10 Å². The van der Waals surface area contributed by atoms with Crippen LogP contribution in [-0.2, 0) is 18.3 Å². The number of hydrogen-bond donors (Lipinski definition) is 2. The molecular formula is C12H20N4OS. The smallest absolute Gasteiger partial charge is 0.230 e. The highest BCUT2D eigenvalue weighted by atomic mass is 32.1. The molecule has 1 rings (SSSR count). The molecule has 1 amide bonds. The van der Waals surface area contributed by atoms with Gasteiger partial charge in [0.25, 0.3) is 0 Å². The molecule has 1 unspecified atom stereocenters. The second-order valence-electron chi connectivity index (χ2n) is 4.61. The summed E-state index contributed by atoms with van der Waals surface area (Å²) in [4.78, 5) is 12.2. The molecule has 1 aromatic heterocycles. The van der Waals surface area contributed by atoms with Crippen LogP contribution in [0.5, 0.6) is 0 Å². The van der Waals surface area contributed by atoms with Crippen molar-refractivity contribution in [3.63, 3.8) is 0 Å². The summed E-state index contributed by atoms with van der Waals surface area (Å²) < 4.78 is 1.79. The van der Waals surface area contributed by atoms with Crippen molar-refractivity contribution in [2.45, 2.75) is 20.3 Å². The van der Waals surface area contributed by atoms with Gasteiger partial charge in [-0.3, -0.25) is 9.48 Å². The van der Waals surface area contributed by atoms with Crippen molar-refractivity contribution in [3.05, 3.63) is 18.0 Å². The minimum absolute atomic E-state index is 0.0975. The lowest BCUT2D eigenvalue weighted by atomic mass is 9.95. The molecule has 1 atom stereocenters. The van der Waals surface area contributed by atoms with Crippen molar-refractivity contribution in [3.8, 4) is 0 Å². The molecule has 1 heterocycles. The maximum Gasteiger partial charge on any atom is 0.230 e. The van der Waals surface area contributed by atoms with E-state index in [1.807, 2.05) is 27.0 Å². The molecule has 100 valence electrons. The Morgan fingerprint density at radius 3 is 2.72 bits per heavy atom. The second-order valence-corrected chi connectivity index (χ2v) is 5.08. The van der Waals surface area contributed by atoms with Gasteiger partial charge in [0.15, 0.2) is 0 Å². The van der Waals surface area contributed by atoms with Gasteiger partial charge < -0.3 is 11.1 Å². The lowest BCUT2D eigenvalue weighted by molar-refractivity contribution is -0.123. The molecule has 0 fully saturated rings. The van der Waals surface area contributed by atoms with E-state index in [4.69, 9.17) is 18.0 Å². The molecular weight excluding hydrogens is 248 g/mol. The molecule has 0 aliphatic carbocycles. The van der Waals surface area contributed by atoms with Crippen LogP contribution in [0.4, 0.5) is 0 Å². The zero-order valence-electron chi connectivity index (χ0n) is 11.0.